The molecule has 2 fully saturated rings. The summed E-state index contributed by atoms with van der Waals surface area (Å²) < 4.78 is 18.8. The Hall–Kier alpha value is -3.91. The van der Waals surface area contributed by atoms with Crippen LogP contribution in [0.1, 0.15) is 41.9 Å². The molecule has 0 radical (unpaired) electrons. The van der Waals surface area contributed by atoms with Crippen molar-refractivity contribution in [1.29, 1.82) is 0 Å². The Labute approximate surface area is 227 Å². The number of aryl methyl sites for hydroxylation is 1. The number of carbonyl (C=O) groups is 1. The van der Waals surface area contributed by atoms with Gasteiger partial charge in [0.25, 0.3) is 5.56 Å². The number of carbonyl (C=O) groups excluding carboxylic acids is 1. The Balaban J connectivity index is 1.26. The molecule has 2 aromatic carbocycles. The number of pyridine rings is 1. The molecule has 4 aromatic rings. The van der Waals surface area contributed by atoms with Gasteiger partial charge in [-0.25, -0.2) is 9.18 Å². The highest BCUT2D eigenvalue weighted by Gasteiger charge is 2.36. The number of nitrogens with zero attached hydrogens (tertiary/aromatic N) is 3. The molecular formula is C31H34FN5O2. The largest absolute Gasteiger partial charge is 0.343 e. The van der Waals surface area contributed by atoms with E-state index >= 15 is 4.39 Å². The van der Waals surface area contributed by atoms with Crippen LogP contribution < -0.4 is 16.2 Å². The molecule has 2 unspecified atom stereocenters. The van der Waals surface area contributed by atoms with E-state index in [1.165, 1.54) is 6.07 Å². The minimum absolute atomic E-state index is 0.0513. The van der Waals surface area contributed by atoms with E-state index in [4.69, 9.17) is 0 Å². The van der Waals surface area contributed by atoms with Crippen molar-refractivity contribution in [1.82, 2.24) is 24.7 Å². The maximum atomic E-state index is 15.2. The van der Waals surface area contributed by atoms with Crippen molar-refractivity contribution in [2.45, 2.75) is 50.4 Å². The molecule has 2 aromatic heterocycles. The number of urea groups is 1. The third-order valence-corrected chi connectivity index (χ3v) is 8.07. The monoisotopic (exact) mass is 527 g/mol. The van der Waals surface area contributed by atoms with Gasteiger partial charge >= 0.3 is 6.03 Å². The summed E-state index contributed by atoms with van der Waals surface area (Å²) in [7, 11) is 1.74. The van der Waals surface area contributed by atoms with E-state index in [1.54, 1.807) is 29.9 Å². The van der Waals surface area contributed by atoms with E-state index in [0.29, 0.717) is 25.0 Å². The van der Waals surface area contributed by atoms with E-state index in [2.05, 4.69) is 27.3 Å². The number of nitrogens with one attached hydrogen (secondary N) is 2. The molecule has 1 saturated heterocycles. The van der Waals surface area contributed by atoms with E-state index in [1.807, 2.05) is 41.4 Å². The fraction of sp³-hybridized carbons (Fsp3) is 0.355. The van der Waals surface area contributed by atoms with Crippen molar-refractivity contribution < 1.29 is 9.18 Å². The van der Waals surface area contributed by atoms with Gasteiger partial charge < -0.3 is 24.7 Å². The zero-order valence-corrected chi connectivity index (χ0v) is 22.1. The molecule has 2 atom stereocenters. The highest BCUT2D eigenvalue weighted by molar-refractivity contribution is 5.85. The Morgan fingerprint density at radius 2 is 1.92 bits per heavy atom. The summed E-state index contributed by atoms with van der Waals surface area (Å²) in [6, 6.07) is 18.8. The van der Waals surface area contributed by atoms with Gasteiger partial charge in [-0.3, -0.25) is 4.79 Å². The number of amides is 2. The molecule has 3 heterocycles. The number of fused-ring (bicyclic) bond motifs is 1. The number of benzene rings is 2. The number of halogens is 1. The second kappa shape index (κ2) is 10.7. The predicted molar refractivity (Wildman–Crippen MR) is 150 cm³/mol. The zero-order valence-electron chi connectivity index (χ0n) is 22.1. The number of hydrogen-bond donors (Lipinski definition) is 2. The highest BCUT2D eigenvalue weighted by Crippen LogP contribution is 2.33. The molecule has 2 aliphatic rings. The number of aromatic nitrogens is 2. The molecule has 2 N–H and O–H groups in total. The fourth-order valence-electron chi connectivity index (χ4n) is 5.80. The third kappa shape index (κ3) is 5.34. The van der Waals surface area contributed by atoms with Gasteiger partial charge in [-0.1, -0.05) is 36.4 Å². The summed E-state index contributed by atoms with van der Waals surface area (Å²) in [4.78, 5) is 27.9. The van der Waals surface area contributed by atoms with Crippen molar-refractivity contribution >= 4 is 16.9 Å². The maximum Gasteiger partial charge on any atom is 0.318 e. The van der Waals surface area contributed by atoms with E-state index < -0.39 is 0 Å². The van der Waals surface area contributed by atoms with Crippen LogP contribution in [0.25, 0.3) is 10.9 Å². The van der Waals surface area contributed by atoms with Gasteiger partial charge in [0.15, 0.2) is 0 Å². The second-order valence-corrected chi connectivity index (χ2v) is 10.8. The van der Waals surface area contributed by atoms with E-state index in [-0.39, 0.29) is 35.4 Å². The number of piperidine rings is 1. The Morgan fingerprint density at radius 1 is 1.10 bits per heavy atom. The van der Waals surface area contributed by atoms with Crippen molar-refractivity contribution in [3.05, 3.63) is 106 Å². The predicted octanol–water partition coefficient (Wildman–Crippen LogP) is 4.35. The standard InChI is InChI=1S/C31H34FN5O2/c1-35-15-13-22(16-29(35)38)25-12-14-33-17-27(25)34-31(39)37(24-10-11-24)20-23-19-36(18-21-6-3-2-4-7-21)28-9-5-8-26(32)30(23)28/h2-9,13,15-16,19,24-25,27,33H,10-12,14,17-18,20H2,1H3,(H,34,39). The van der Waals surface area contributed by atoms with Crippen LogP contribution in [-0.4, -0.2) is 45.2 Å². The topological polar surface area (TPSA) is 71.3 Å². The first-order valence-electron chi connectivity index (χ1n) is 13.7. The summed E-state index contributed by atoms with van der Waals surface area (Å²) in [5, 5.41) is 7.23. The lowest BCUT2D eigenvalue weighted by atomic mass is 9.86. The fourth-order valence-corrected chi connectivity index (χ4v) is 5.80. The molecule has 1 aliphatic heterocycles. The molecule has 1 saturated carbocycles. The number of rotatable bonds is 7. The van der Waals surface area contributed by atoms with Crippen molar-refractivity contribution in [2.24, 2.45) is 7.05 Å². The van der Waals surface area contributed by atoms with Gasteiger partial charge in [-0.05, 0) is 55.1 Å². The van der Waals surface area contributed by atoms with E-state index in [9.17, 15) is 9.59 Å². The number of hydrogen-bond acceptors (Lipinski definition) is 3. The maximum absolute atomic E-state index is 15.2. The van der Waals surface area contributed by atoms with Gasteiger partial charge in [0.05, 0.1) is 5.52 Å². The lowest BCUT2D eigenvalue weighted by Crippen LogP contribution is -2.53. The minimum atomic E-state index is -0.271. The van der Waals surface area contributed by atoms with Gasteiger partial charge in [0, 0.05) is 74.1 Å². The van der Waals surface area contributed by atoms with Gasteiger partial charge in [-0.15, -0.1) is 0 Å². The van der Waals surface area contributed by atoms with Crippen LogP contribution in [-0.2, 0) is 20.1 Å². The van der Waals surface area contributed by atoms with Gasteiger partial charge in [0.1, 0.15) is 5.82 Å². The Morgan fingerprint density at radius 3 is 2.69 bits per heavy atom. The van der Waals surface area contributed by atoms with Crippen LogP contribution in [0.2, 0.25) is 0 Å². The van der Waals surface area contributed by atoms with Gasteiger partial charge in [-0.2, -0.15) is 0 Å². The molecule has 1 aliphatic carbocycles. The average Bonchev–Trinajstić information content (AvgIpc) is 3.72. The molecular weight excluding hydrogens is 493 g/mol. The highest BCUT2D eigenvalue weighted by atomic mass is 19.1. The van der Waals surface area contributed by atoms with E-state index in [0.717, 1.165) is 48.0 Å². The molecule has 8 heteroatoms. The molecule has 7 nitrogen and oxygen atoms in total. The average molecular weight is 528 g/mol. The molecule has 0 bridgehead atoms. The third-order valence-electron chi connectivity index (χ3n) is 8.07. The normalized spacial score (nSPS) is 19.2. The van der Waals surface area contributed by atoms with Crippen LogP contribution in [0.5, 0.6) is 0 Å². The second-order valence-electron chi connectivity index (χ2n) is 10.8. The van der Waals surface area contributed by atoms with Crippen molar-refractivity contribution in [2.75, 3.05) is 13.1 Å². The first-order chi connectivity index (χ1) is 19.0. The van der Waals surface area contributed by atoms with Crippen LogP contribution in [0.3, 0.4) is 0 Å². The van der Waals surface area contributed by atoms with Crippen LogP contribution >= 0.6 is 0 Å². The van der Waals surface area contributed by atoms with Crippen LogP contribution in [0.4, 0.5) is 9.18 Å². The lowest BCUT2D eigenvalue weighted by molar-refractivity contribution is 0.183. The first kappa shape index (κ1) is 25.4. The summed E-state index contributed by atoms with van der Waals surface area (Å²) in [6.07, 6.45) is 6.50. The Kier molecular flexibility index (Phi) is 6.95. The summed E-state index contributed by atoms with van der Waals surface area (Å²) in [6.45, 7) is 2.43. The molecule has 202 valence electrons. The lowest BCUT2D eigenvalue weighted by Gasteiger charge is -2.35. The quantitative estimate of drug-likeness (QED) is 0.376. The molecule has 0 spiro atoms. The first-order valence-corrected chi connectivity index (χ1v) is 13.7. The zero-order chi connectivity index (χ0) is 26.9. The van der Waals surface area contributed by atoms with Crippen LogP contribution in [0, 0.1) is 5.82 Å². The summed E-state index contributed by atoms with van der Waals surface area (Å²) in [5.74, 6) is -0.219. The molecule has 6 rings (SSSR count). The van der Waals surface area contributed by atoms with Gasteiger partial charge in [0.2, 0.25) is 0 Å². The molecule has 39 heavy (non-hydrogen) atoms. The summed E-state index contributed by atoms with van der Waals surface area (Å²) >= 11 is 0. The smallest absolute Gasteiger partial charge is 0.318 e. The summed E-state index contributed by atoms with van der Waals surface area (Å²) in [5.41, 5.74) is 3.67. The van der Waals surface area contributed by atoms with Crippen molar-refractivity contribution in [3.8, 4) is 0 Å². The SMILES string of the molecule is Cn1ccc(C2CCNCC2NC(=O)N(Cc2cn(Cc3ccccc3)c3cccc(F)c23)C2CC2)cc1=O. The van der Waals surface area contributed by atoms with Crippen molar-refractivity contribution in [3.63, 3.8) is 0 Å². The molecule has 2 amide bonds. The Bertz CT molecular complexity index is 1540. The minimum Gasteiger partial charge on any atom is -0.343 e. The van der Waals surface area contributed by atoms with Crippen LogP contribution in [0.15, 0.2) is 77.9 Å².